The van der Waals surface area contributed by atoms with E-state index in [-0.39, 0.29) is 17.4 Å². The number of amides is 3. The SMILES string of the molecule is CC(=O)Nc1cccc(NC(=O)Nc2ccccc2C(C)(C)C)c1. The van der Waals surface area contributed by atoms with E-state index in [4.69, 9.17) is 0 Å². The molecule has 3 N–H and O–H groups in total. The summed E-state index contributed by atoms with van der Waals surface area (Å²) in [7, 11) is 0. The Hall–Kier alpha value is -2.82. The summed E-state index contributed by atoms with van der Waals surface area (Å²) >= 11 is 0. The molecule has 3 amide bonds. The van der Waals surface area contributed by atoms with Crippen molar-refractivity contribution < 1.29 is 9.59 Å². The molecule has 0 heterocycles. The van der Waals surface area contributed by atoms with E-state index in [0.717, 1.165) is 11.3 Å². The Morgan fingerprint density at radius 3 is 2.08 bits per heavy atom. The van der Waals surface area contributed by atoms with Crippen molar-refractivity contribution >= 4 is 29.0 Å². The van der Waals surface area contributed by atoms with E-state index in [9.17, 15) is 9.59 Å². The van der Waals surface area contributed by atoms with Gasteiger partial charge in [-0.15, -0.1) is 0 Å². The van der Waals surface area contributed by atoms with Gasteiger partial charge < -0.3 is 16.0 Å². The van der Waals surface area contributed by atoms with E-state index in [1.54, 1.807) is 24.3 Å². The first-order valence-corrected chi connectivity index (χ1v) is 7.81. The molecule has 0 atom stereocenters. The number of rotatable bonds is 3. The fourth-order valence-electron chi connectivity index (χ4n) is 2.41. The van der Waals surface area contributed by atoms with E-state index in [2.05, 4.69) is 36.7 Å². The average molecular weight is 325 g/mol. The molecule has 0 fully saturated rings. The average Bonchev–Trinajstić information content (AvgIpc) is 2.46. The van der Waals surface area contributed by atoms with Crippen LogP contribution in [-0.2, 0) is 10.2 Å². The van der Waals surface area contributed by atoms with Crippen LogP contribution in [0.5, 0.6) is 0 Å². The van der Waals surface area contributed by atoms with Gasteiger partial charge in [-0.1, -0.05) is 45.0 Å². The van der Waals surface area contributed by atoms with E-state index in [1.165, 1.54) is 6.92 Å². The number of carbonyl (C=O) groups excluding carboxylic acids is 2. The summed E-state index contributed by atoms with van der Waals surface area (Å²) in [5.74, 6) is -0.157. The molecule has 0 bridgehead atoms. The fraction of sp³-hybridized carbons (Fsp3) is 0.263. The van der Waals surface area contributed by atoms with Gasteiger partial charge in [-0.3, -0.25) is 4.79 Å². The van der Waals surface area contributed by atoms with Crippen LogP contribution < -0.4 is 16.0 Å². The molecule has 0 aliphatic rings. The summed E-state index contributed by atoms with van der Waals surface area (Å²) in [6.07, 6.45) is 0. The standard InChI is InChI=1S/C19H23N3O2/c1-13(23)20-14-8-7-9-15(12-14)21-18(24)22-17-11-6-5-10-16(17)19(2,3)4/h5-12H,1-4H3,(H,20,23)(H2,21,22,24). The van der Waals surface area contributed by atoms with Gasteiger partial charge in [0.2, 0.25) is 5.91 Å². The van der Waals surface area contributed by atoms with Gasteiger partial charge >= 0.3 is 6.03 Å². The van der Waals surface area contributed by atoms with Crippen LogP contribution in [0.2, 0.25) is 0 Å². The molecule has 0 saturated carbocycles. The van der Waals surface area contributed by atoms with Crippen LogP contribution >= 0.6 is 0 Å². The van der Waals surface area contributed by atoms with Crippen LogP contribution in [0.4, 0.5) is 21.9 Å². The third kappa shape index (κ3) is 4.84. The number of carbonyl (C=O) groups is 2. The Morgan fingerprint density at radius 1 is 0.833 bits per heavy atom. The predicted molar refractivity (Wildman–Crippen MR) is 98.5 cm³/mol. The second-order valence-electron chi connectivity index (χ2n) is 6.64. The van der Waals surface area contributed by atoms with Crippen LogP contribution in [0.15, 0.2) is 48.5 Å². The Labute approximate surface area is 142 Å². The van der Waals surface area contributed by atoms with Gasteiger partial charge in [0.1, 0.15) is 0 Å². The quantitative estimate of drug-likeness (QED) is 0.772. The van der Waals surface area contributed by atoms with Crippen LogP contribution in [0.25, 0.3) is 0 Å². The van der Waals surface area contributed by atoms with Gasteiger partial charge in [0.25, 0.3) is 0 Å². The first-order chi connectivity index (χ1) is 11.3. The number of nitrogens with one attached hydrogen (secondary N) is 3. The zero-order chi connectivity index (χ0) is 17.7. The van der Waals surface area contributed by atoms with Gasteiger partial charge in [-0.05, 0) is 35.2 Å². The molecular weight excluding hydrogens is 302 g/mol. The number of anilines is 3. The third-order valence-electron chi connectivity index (χ3n) is 3.42. The van der Waals surface area contributed by atoms with Crippen LogP contribution in [0.3, 0.4) is 0 Å². The summed E-state index contributed by atoms with van der Waals surface area (Å²) in [4.78, 5) is 23.4. The summed E-state index contributed by atoms with van der Waals surface area (Å²) in [6, 6.07) is 14.4. The van der Waals surface area contributed by atoms with Crippen molar-refractivity contribution in [3.05, 3.63) is 54.1 Å². The highest BCUT2D eigenvalue weighted by Crippen LogP contribution is 2.29. The number of urea groups is 1. The van der Waals surface area contributed by atoms with Gasteiger partial charge in [-0.2, -0.15) is 0 Å². The van der Waals surface area contributed by atoms with Crippen LogP contribution in [-0.4, -0.2) is 11.9 Å². The van der Waals surface area contributed by atoms with Gasteiger partial charge in [0.15, 0.2) is 0 Å². The van der Waals surface area contributed by atoms with Gasteiger partial charge in [0.05, 0.1) is 0 Å². The van der Waals surface area contributed by atoms with Crippen LogP contribution in [0, 0.1) is 0 Å². The monoisotopic (exact) mass is 325 g/mol. The summed E-state index contributed by atoms with van der Waals surface area (Å²) in [5.41, 5.74) is 3.00. The van der Waals surface area contributed by atoms with Crippen molar-refractivity contribution in [3.8, 4) is 0 Å². The van der Waals surface area contributed by atoms with E-state index in [1.807, 2.05) is 24.3 Å². The molecule has 0 saturated heterocycles. The zero-order valence-corrected chi connectivity index (χ0v) is 14.4. The Morgan fingerprint density at radius 2 is 1.46 bits per heavy atom. The molecule has 2 aromatic carbocycles. The molecule has 126 valence electrons. The van der Waals surface area contributed by atoms with Gasteiger partial charge in [0, 0.05) is 24.0 Å². The number of hydrogen-bond acceptors (Lipinski definition) is 2. The molecule has 2 aromatic rings. The zero-order valence-electron chi connectivity index (χ0n) is 14.4. The molecule has 0 aromatic heterocycles. The lowest BCUT2D eigenvalue weighted by molar-refractivity contribution is -0.114. The topological polar surface area (TPSA) is 70.2 Å². The minimum absolute atomic E-state index is 0.0742. The number of hydrogen-bond donors (Lipinski definition) is 3. The lowest BCUT2D eigenvalue weighted by Gasteiger charge is -2.23. The molecule has 0 spiro atoms. The molecule has 0 radical (unpaired) electrons. The maximum Gasteiger partial charge on any atom is 0.323 e. The number of benzene rings is 2. The van der Waals surface area contributed by atoms with Crippen molar-refractivity contribution in [2.75, 3.05) is 16.0 Å². The molecule has 5 nitrogen and oxygen atoms in total. The molecule has 0 unspecified atom stereocenters. The molecule has 5 heteroatoms. The number of para-hydroxylation sites is 1. The summed E-state index contributed by atoms with van der Waals surface area (Å²) in [6.45, 7) is 7.74. The minimum atomic E-state index is -0.327. The Bertz CT molecular complexity index is 748. The lowest BCUT2D eigenvalue weighted by atomic mass is 9.86. The summed E-state index contributed by atoms with van der Waals surface area (Å²) in [5, 5.41) is 8.36. The molecule has 2 rings (SSSR count). The smallest absolute Gasteiger partial charge is 0.323 e. The maximum atomic E-state index is 12.3. The Balaban J connectivity index is 2.11. The second-order valence-corrected chi connectivity index (χ2v) is 6.64. The summed E-state index contributed by atoms with van der Waals surface area (Å²) < 4.78 is 0. The van der Waals surface area contributed by atoms with Crippen molar-refractivity contribution in [2.45, 2.75) is 33.1 Å². The first-order valence-electron chi connectivity index (χ1n) is 7.81. The lowest BCUT2D eigenvalue weighted by Crippen LogP contribution is -2.22. The highest BCUT2D eigenvalue weighted by Gasteiger charge is 2.18. The highest BCUT2D eigenvalue weighted by molar-refractivity contribution is 6.01. The normalized spacial score (nSPS) is 10.8. The second kappa shape index (κ2) is 7.17. The van der Waals surface area contributed by atoms with E-state index < -0.39 is 0 Å². The first kappa shape index (κ1) is 17.5. The van der Waals surface area contributed by atoms with E-state index >= 15 is 0 Å². The molecular formula is C19H23N3O2. The molecule has 0 aliphatic carbocycles. The molecule has 0 aliphatic heterocycles. The van der Waals surface area contributed by atoms with E-state index in [0.29, 0.717) is 11.4 Å². The van der Waals surface area contributed by atoms with Crippen LogP contribution in [0.1, 0.15) is 33.3 Å². The van der Waals surface area contributed by atoms with Crippen molar-refractivity contribution in [1.82, 2.24) is 0 Å². The van der Waals surface area contributed by atoms with Crippen molar-refractivity contribution in [2.24, 2.45) is 0 Å². The fourth-order valence-corrected chi connectivity index (χ4v) is 2.41. The van der Waals surface area contributed by atoms with Crippen molar-refractivity contribution in [3.63, 3.8) is 0 Å². The predicted octanol–water partition coefficient (Wildman–Crippen LogP) is 4.59. The highest BCUT2D eigenvalue weighted by atomic mass is 16.2. The van der Waals surface area contributed by atoms with Gasteiger partial charge in [-0.25, -0.2) is 4.79 Å². The third-order valence-corrected chi connectivity index (χ3v) is 3.42. The minimum Gasteiger partial charge on any atom is -0.326 e. The van der Waals surface area contributed by atoms with Crippen molar-refractivity contribution in [1.29, 1.82) is 0 Å². The largest absolute Gasteiger partial charge is 0.326 e. The maximum absolute atomic E-state index is 12.3. The molecule has 24 heavy (non-hydrogen) atoms. The Kier molecular flexibility index (Phi) is 5.24.